The Morgan fingerprint density at radius 3 is 2.43 bits per heavy atom. The maximum Gasteiger partial charge on any atom is 0.271 e. The second kappa shape index (κ2) is 9.23. The number of sulfonamides is 1. The van der Waals surface area contributed by atoms with E-state index in [0.717, 1.165) is 25.7 Å². The third-order valence-electron chi connectivity index (χ3n) is 4.92. The highest BCUT2D eigenvalue weighted by atomic mass is 32.2. The second-order valence-corrected chi connectivity index (χ2v) is 8.85. The third kappa shape index (κ3) is 4.77. The smallest absolute Gasteiger partial charge is 0.271 e. The standard InChI is InChI=1S/C20H23N3O6S/c1-29-18-10-9-15(20(24)21-16-7-6-8-17(14-16)23(25)26)13-19(18)30(27,28)22-11-4-2-3-5-12-22/h6-10,13-14H,2-5,11-12H2,1H3,(H,21,24). The van der Waals surface area contributed by atoms with Crippen LogP contribution in [0, 0.1) is 10.1 Å². The van der Waals surface area contributed by atoms with E-state index < -0.39 is 20.9 Å². The molecule has 1 saturated heterocycles. The van der Waals surface area contributed by atoms with Gasteiger partial charge in [0.25, 0.3) is 11.6 Å². The van der Waals surface area contributed by atoms with Crippen molar-refractivity contribution in [1.29, 1.82) is 0 Å². The molecule has 2 aromatic carbocycles. The number of nitrogens with one attached hydrogen (secondary N) is 1. The number of carbonyl (C=O) groups is 1. The SMILES string of the molecule is COc1ccc(C(=O)Nc2cccc([N+](=O)[O-])c2)cc1S(=O)(=O)N1CCCCCC1. The number of hydrogen-bond donors (Lipinski definition) is 1. The summed E-state index contributed by atoms with van der Waals surface area (Å²) < 4.78 is 33.1. The first-order valence-corrected chi connectivity index (χ1v) is 11.0. The van der Waals surface area contributed by atoms with E-state index in [9.17, 15) is 23.3 Å². The van der Waals surface area contributed by atoms with Gasteiger partial charge >= 0.3 is 0 Å². The molecule has 1 aliphatic heterocycles. The topological polar surface area (TPSA) is 119 Å². The Morgan fingerprint density at radius 1 is 1.10 bits per heavy atom. The number of hydrogen-bond acceptors (Lipinski definition) is 6. The zero-order chi connectivity index (χ0) is 21.7. The van der Waals surface area contributed by atoms with Crippen LogP contribution in [-0.2, 0) is 10.0 Å². The van der Waals surface area contributed by atoms with Gasteiger partial charge in [0.1, 0.15) is 10.6 Å². The molecule has 30 heavy (non-hydrogen) atoms. The molecule has 0 atom stereocenters. The van der Waals surface area contributed by atoms with Crippen molar-refractivity contribution >= 4 is 27.3 Å². The molecule has 1 aliphatic rings. The molecule has 1 heterocycles. The Bertz CT molecular complexity index is 1050. The summed E-state index contributed by atoms with van der Waals surface area (Å²) in [4.78, 5) is 23.0. The first-order valence-electron chi connectivity index (χ1n) is 9.57. The molecule has 0 bridgehead atoms. The number of carbonyl (C=O) groups excluding carboxylic acids is 1. The average Bonchev–Trinajstić information content (AvgIpc) is 3.03. The number of nitrogens with zero attached hydrogens (tertiary/aromatic N) is 2. The molecule has 1 fully saturated rings. The van der Waals surface area contributed by atoms with Gasteiger partial charge in [0.05, 0.1) is 12.0 Å². The van der Waals surface area contributed by atoms with Crippen molar-refractivity contribution in [3.05, 3.63) is 58.1 Å². The van der Waals surface area contributed by atoms with Crippen LogP contribution >= 0.6 is 0 Å². The fourth-order valence-electron chi connectivity index (χ4n) is 3.34. The Labute approximate surface area is 174 Å². The van der Waals surface area contributed by atoms with Crippen LogP contribution in [0.3, 0.4) is 0 Å². The van der Waals surface area contributed by atoms with Gasteiger partial charge in [-0.3, -0.25) is 14.9 Å². The molecule has 10 heteroatoms. The van der Waals surface area contributed by atoms with Crippen LogP contribution in [0.25, 0.3) is 0 Å². The average molecular weight is 433 g/mol. The summed E-state index contributed by atoms with van der Waals surface area (Å²) in [5.41, 5.74) is 0.185. The van der Waals surface area contributed by atoms with Gasteiger partial charge in [-0.15, -0.1) is 0 Å². The van der Waals surface area contributed by atoms with Crippen LogP contribution in [0.5, 0.6) is 5.75 Å². The predicted molar refractivity (Wildman–Crippen MR) is 111 cm³/mol. The van der Waals surface area contributed by atoms with Gasteiger partial charge in [0, 0.05) is 36.5 Å². The van der Waals surface area contributed by atoms with Gasteiger partial charge in [-0.25, -0.2) is 8.42 Å². The lowest BCUT2D eigenvalue weighted by Crippen LogP contribution is -2.32. The summed E-state index contributed by atoms with van der Waals surface area (Å²) in [6, 6.07) is 9.69. The Hall–Kier alpha value is -2.98. The largest absolute Gasteiger partial charge is 0.495 e. The molecular formula is C20H23N3O6S. The van der Waals surface area contributed by atoms with Crippen LogP contribution in [-0.4, -0.2) is 43.8 Å². The quantitative estimate of drug-likeness (QED) is 0.551. The van der Waals surface area contributed by atoms with E-state index in [4.69, 9.17) is 4.74 Å². The van der Waals surface area contributed by atoms with Gasteiger partial charge in [-0.1, -0.05) is 18.9 Å². The highest BCUT2D eigenvalue weighted by Gasteiger charge is 2.29. The van der Waals surface area contributed by atoms with Crippen molar-refractivity contribution in [3.63, 3.8) is 0 Å². The Morgan fingerprint density at radius 2 is 1.80 bits per heavy atom. The monoisotopic (exact) mass is 433 g/mol. The minimum absolute atomic E-state index is 0.0707. The van der Waals surface area contributed by atoms with Crippen molar-refractivity contribution in [2.24, 2.45) is 0 Å². The summed E-state index contributed by atoms with van der Waals surface area (Å²) in [7, 11) is -2.46. The zero-order valence-electron chi connectivity index (χ0n) is 16.5. The molecule has 160 valence electrons. The maximum atomic E-state index is 13.2. The van der Waals surface area contributed by atoms with E-state index in [-0.39, 0.29) is 27.6 Å². The van der Waals surface area contributed by atoms with Crippen LogP contribution < -0.4 is 10.1 Å². The van der Waals surface area contributed by atoms with E-state index in [1.165, 1.54) is 53.9 Å². The van der Waals surface area contributed by atoms with Crippen molar-refractivity contribution in [2.45, 2.75) is 30.6 Å². The minimum atomic E-state index is -3.84. The van der Waals surface area contributed by atoms with Crippen molar-refractivity contribution in [3.8, 4) is 5.75 Å². The number of non-ortho nitro benzene ring substituents is 1. The normalized spacial score (nSPS) is 15.2. The zero-order valence-corrected chi connectivity index (χ0v) is 17.4. The minimum Gasteiger partial charge on any atom is -0.495 e. The van der Waals surface area contributed by atoms with Crippen LogP contribution in [0.15, 0.2) is 47.4 Å². The molecule has 2 aromatic rings. The van der Waals surface area contributed by atoms with E-state index in [1.807, 2.05) is 0 Å². The number of methoxy groups -OCH3 is 1. The lowest BCUT2D eigenvalue weighted by atomic mass is 10.2. The van der Waals surface area contributed by atoms with Gasteiger partial charge in [-0.2, -0.15) is 4.31 Å². The molecule has 0 aliphatic carbocycles. The van der Waals surface area contributed by atoms with Crippen LogP contribution in [0.1, 0.15) is 36.0 Å². The fraction of sp³-hybridized carbons (Fsp3) is 0.350. The number of benzene rings is 2. The second-order valence-electron chi connectivity index (χ2n) is 6.95. The predicted octanol–water partition coefficient (Wildman–Crippen LogP) is 3.42. The van der Waals surface area contributed by atoms with Crippen molar-refractivity contribution in [1.82, 2.24) is 4.31 Å². The van der Waals surface area contributed by atoms with E-state index in [0.29, 0.717) is 13.1 Å². The van der Waals surface area contributed by atoms with Gasteiger partial charge < -0.3 is 10.1 Å². The summed E-state index contributed by atoms with van der Waals surface area (Å²) >= 11 is 0. The summed E-state index contributed by atoms with van der Waals surface area (Å²) in [6.07, 6.45) is 3.53. The molecular weight excluding hydrogens is 410 g/mol. The van der Waals surface area contributed by atoms with Crippen molar-refractivity contribution < 1.29 is 22.9 Å². The molecule has 3 rings (SSSR count). The van der Waals surface area contributed by atoms with Gasteiger partial charge in [0.15, 0.2) is 0 Å². The maximum absolute atomic E-state index is 13.2. The summed E-state index contributed by atoms with van der Waals surface area (Å²) in [5, 5.41) is 13.5. The van der Waals surface area contributed by atoms with Crippen molar-refractivity contribution in [2.75, 3.05) is 25.5 Å². The van der Waals surface area contributed by atoms with Gasteiger partial charge in [0.2, 0.25) is 10.0 Å². The van der Waals surface area contributed by atoms with E-state index in [1.54, 1.807) is 0 Å². The molecule has 0 unspecified atom stereocenters. The number of ether oxygens (including phenoxy) is 1. The van der Waals surface area contributed by atoms with Crippen LogP contribution in [0.2, 0.25) is 0 Å². The molecule has 0 radical (unpaired) electrons. The molecule has 0 saturated carbocycles. The van der Waals surface area contributed by atoms with Gasteiger partial charge in [-0.05, 0) is 37.1 Å². The fourth-order valence-corrected chi connectivity index (χ4v) is 5.04. The number of rotatable bonds is 6. The summed E-state index contributed by atoms with van der Waals surface area (Å²) in [5.74, 6) is -0.420. The van der Waals surface area contributed by atoms with E-state index >= 15 is 0 Å². The first kappa shape index (κ1) is 21.7. The highest BCUT2D eigenvalue weighted by Crippen LogP contribution is 2.30. The molecule has 0 aromatic heterocycles. The Balaban J connectivity index is 1.91. The third-order valence-corrected chi connectivity index (χ3v) is 6.84. The first-order chi connectivity index (χ1) is 14.3. The van der Waals surface area contributed by atoms with Crippen LogP contribution in [0.4, 0.5) is 11.4 Å². The molecule has 1 amide bonds. The Kier molecular flexibility index (Phi) is 6.68. The number of nitro benzene ring substituents is 1. The summed E-state index contributed by atoms with van der Waals surface area (Å²) in [6.45, 7) is 0.852. The number of nitro groups is 1. The van der Waals surface area contributed by atoms with E-state index in [2.05, 4.69) is 5.32 Å². The number of amides is 1. The molecule has 0 spiro atoms. The highest BCUT2D eigenvalue weighted by molar-refractivity contribution is 7.89. The lowest BCUT2D eigenvalue weighted by Gasteiger charge is -2.21. The lowest BCUT2D eigenvalue weighted by molar-refractivity contribution is -0.384. The molecule has 9 nitrogen and oxygen atoms in total. The number of anilines is 1. The molecule has 1 N–H and O–H groups in total.